The molecule has 0 aliphatic rings. The van der Waals surface area contributed by atoms with Crippen molar-refractivity contribution in [2.24, 2.45) is 0 Å². The second-order valence-corrected chi connectivity index (χ2v) is 7.14. The van der Waals surface area contributed by atoms with Gasteiger partial charge in [0.1, 0.15) is 6.07 Å². The van der Waals surface area contributed by atoms with E-state index in [1.165, 1.54) is 25.2 Å². The smallest absolute Gasteiger partial charge is 0.242 e. The highest BCUT2D eigenvalue weighted by molar-refractivity contribution is 7.89. The summed E-state index contributed by atoms with van der Waals surface area (Å²) in [4.78, 5) is 24.5. The molecule has 1 rings (SSSR count). The number of rotatable bonds is 7. The Labute approximate surface area is 141 Å². The first-order valence-electron chi connectivity index (χ1n) is 7.19. The van der Waals surface area contributed by atoms with Crippen molar-refractivity contribution >= 4 is 21.8 Å². The lowest BCUT2D eigenvalue weighted by Crippen LogP contribution is -2.44. The van der Waals surface area contributed by atoms with Crippen LogP contribution in [0.2, 0.25) is 0 Å². The van der Waals surface area contributed by atoms with Crippen LogP contribution in [0, 0.1) is 11.3 Å². The maximum Gasteiger partial charge on any atom is 0.242 e. The molecule has 0 heterocycles. The summed E-state index contributed by atoms with van der Waals surface area (Å²) in [5.41, 5.74) is -0.0119. The fraction of sp³-hybridized carbons (Fsp3) is 0.400. The van der Waals surface area contributed by atoms with Crippen LogP contribution in [0.25, 0.3) is 0 Å². The minimum Gasteiger partial charge on any atom is -0.352 e. The minimum atomic E-state index is -4.00. The predicted octanol–water partition coefficient (Wildman–Crippen LogP) is -0.180. The van der Waals surface area contributed by atoms with Crippen molar-refractivity contribution in [3.63, 3.8) is 0 Å². The van der Waals surface area contributed by atoms with E-state index < -0.39 is 22.5 Å². The van der Waals surface area contributed by atoms with E-state index in [9.17, 15) is 18.0 Å². The number of sulfonamides is 1. The standard InChI is InChI=1S/C15H20N4O4S/c1-11(2)18-14(20)10-19(3)15(21)9-17-24(22,23)13-7-5-4-6-12(13)8-16/h4-7,11,17H,9-10H2,1-3H3,(H,18,20). The molecule has 0 aliphatic heterocycles. The Morgan fingerprint density at radius 3 is 2.50 bits per heavy atom. The molecule has 0 saturated heterocycles. The summed E-state index contributed by atoms with van der Waals surface area (Å²) in [5.74, 6) is -0.898. The van der Waals surface area contributed by atoms with E-state index in [0.717, 1.165) is 4.90 Å². The number of likely N-dealkylation sites (N-methyl/N-ethyl adjacent to an activating group) is 1. The molecule has 130 valence electrons. The molecule has 1 aromatic carbocycles. The maximum atomic E-state index is 12.2. The summed E-state index contributed by atoms with van der Waals surface area (Å²) in [7, 11) is -2.60. The van der Waals surface area contributed by atoms with Crippen LogP contribution in [0.4, 0.5) is 0 Å². The summed E-state index contributed by atoms with van der Waals surface area (Å²) in [6, 6.07) is 7.42. The molecule has 2 N–H and O–H groups in total. The Morgan fingerprint density at radius 1 is 1.29 bits per heavy atom. The van der Waals surface area contributed by atoms with E-state index in [1.54, 1.807) is 26.0 Å². The van der Waals surface area contributed by atoms with Gasteiger partial charge in [-0.1, -0.05) is 12.1 Å². The van der Waals surface area contributed by atoms with Crippen LogP contribution in [0.1, 0.15) is 19.4 Å². The van der Waals surface area contributed by atoms with Gasteiger partial charge in [0.05, 0.1) is 23.5 Å². The molecule has 0 atom stereocenters. The first-order chi connectivity index (χ1) is 11.2. The van der Waals surface area contributed by atoms with E-state index in [4.69, 9.17) is 5.26 Å². The molecule has 0 fully saturated rings. The normalized spacial score (nSPS) is 11.0. The van der Waals surface area contributed by atoms with Crippen molar-refractivity contribution in [3.05, 3.63) is 29.8 Å². The second kappa shape index (κ2) is 8.42. The monoisotopic (exact) mass is 352 g/mol. The van der Waals surface area contributed by atoms with E-state index in [2.05, 4.69) is 10.0 Å². The average molecular weight is 352 g/mol. The zero-order valence-electron chi connectivity index (χ0n) is 13.7. The van der Waals surface area contributed by atoms with Crippen molar-refractivity contribution in [1.29, 1.82) is 5.26 Å². The van der Waals surface area contributed by atoms with E-state index in [0.29, 0.717) is 0 Å². The Balaban J connectivity index is 2.69. The Hall–Kier alpha value is -2.44. The molecular weight excluding hydrogens is 332 g/mol. The summed E-state index contributed by atoms with van der Waals surface area (Å²) >= 11 is 0. The lowest BCUT2D eigenvalue weighted by Gasteiger charge is -2.18. The summed E-state index contributed by atoms with van der Waals surface area (Å²) in [6.07, 6.45) is 0. The highest BCUT2D eigenvalue weighted by Crippen LogP contribution is 2.13. The number of nitriles is 1. The van der Waals surface area contributed by atoms with Gasteiger partial charge >= 0.3 is 0 Å². The Bertz CT molecular complexity index is 753. The molecule has 9 heteroatoms. The molecule has 2 amide bonds. The SMILES string of the molecule is CC(C)NC(=O)CN(C)C(=O)CNS(=O)(=O)c1ccccc1C#N. The lowest BCUT2D eigenvalue weighted by molar-refractivity contribution is -0.134. The Morgan fingerprint density at radius 2 is 1.92 bits per heavy atom. The molecular formula is C15H20N4O4S. The Kier molecular flexibility index (Phi) is 6.88. The molecule has 1 aromatic rings. The van der Waals surface area contributed by atoms with Gasteiger partial charge in [-0.15, -0.1) is 0 Å². The minimum absolute atomic E-state index is 0.0119. The van der Waals surface area contributed by atoms with Crippen LogP contribution in [-0.2, 0) is 19.6 Å². The van der Waals surface area contributed by atoms with Gasteiger partial charge in [0.2, 0.25) is 21.8 Å². The lowest BCUT2D eigenvalue weighted by atomic mass is 10.2. The zero-order valence-corrected chi connectivity index (χ0v) is 14.6. The molecule has 0 aliphatic carbocycles. The van der Waals surface area contributed by atoms with Crippen LogP contribution in [0.3, 0.4) is 0 Å². The number of hydrogen-bond donors (Lipinski definition) is 2. The van der Waals surface area contributed by atoms with Crippen LogP contribution in [0.15, 0.2) is 29.2 Å². The third kappa shape index (κ3) is 5.64. The number of amides is 2. The maximum absolute atomic E-state index is 12.2. The van der Waals surface area contributed by atoms with Gasteiger partial charge in [-0.05, 0) is 26.0 Å². The van der Waals surface area contributed by atoms with Gasteiger partial charge in [-0.2, -0.15) is 5.26 Å². The second-order valence-electron chi connectivity index (χ2n) is 5.40. The van der Waals surface area contributed by atoms with Gasteiger partial charge in [0.25, 0.3) is 0 Å². The molecule has 0 saturated carbocycles. The van der Waals surface area contributed by atoms with Crippen molar-refractivity contribution in [1.82, 2.24) is 14.9 Å². The molecule has 0 unspecified atom stereocenters. The summed E-state index contributed by atoms with van der Waals surface area (Å²) in [5, 5.41) is 11.6. The molecule has 8 nitrogen and oxygen atoms in total. The highest BCUT2D eigenvalue weighted by atomic mass is 32.2. The summed E-state index contributed by atoms with van der Waals surface area (Å²) in [6.45, 7) is 2.90. The van der Waals surface area contributed by atoms with E-state index in [-0.39, 0.29) is 29.0 Å². The fourth-order valence-corrected chi connectivity index (χ4v) is 2.96. The predicted molar refractivity (Wildman–Crippen MR) is 87.3 cm³/mol. The number of nitrogens with one attached hydrogen (secondary N) is 2. The average Bonchev–Trinajstić information content (AvgIpc) is 2.51. The molecule has 0 spiro atoms. The van der Waals surface area contributed by atoms with Crippen LogP contribution >= 0.6 is 0 Å². The largest absolute Gasteiger partial charge is 0.352 e. The number of benzene rings is 1. The first kappa shape index (κ1) is 19.6. The third-order valence-corrected chi connectivity index (χ3v) is 4.43. The van der Waals surface area contributed by atoms with Crippen molar-refractivity contribution in [2.45, 2.75) is 24.8 Å². The van der Waals surface area contributed by atoms with Crippen LogP contribution < -0.4 is 10.0 Å². The van der Waals surface area contributed by atoms with Gasteiger partial charge in [-0.3, -0.25) is 9.59 Å². The van der Waals surface area contributed by atoms with Crippen LogP contribution in [0.5, 0.6) is 0 Å². The number of carbonyl (C=O) groups is 2. The van der Waals surface area contributed by atoms with Crippen molar-refractivity contribution in [2.75, 3.05) is 20.1 Å². The van der Waals surface area contributed by atoms with Gasteiger partial charge < -0.3 is 10.2 Å². The van der Waals surface area contributed by atoms with E-state index >= 15 is 0 Å². The quantitative estimate of drug-likeness (QED) is 0.705. The van der Waals surface area contributed by atoms with Gasteiger partial charge in [0.15, 0.2) is 0 Å². The van der Waals surface area contributed by atoms with Crippen LogP contribution in [-0.4, -0.2) is 51.3 Å². The first-order valence-corrected chi connectivity index (χ1v) is 8.68. The zero-order chi connectivity index (χ0) is 18.3. The van der Waals surface area contributed by atoms with Crippen molar-refractivity contribution < 1.29 is 18.0 Å². The molecule has 0 radical (unpaired) electrons. The topological polar surface area (TPSA) is 119 Å². The number of carbonyl (C=O) groups excluding carboxylic acids is 2. The highest BCUT2D eigenvalue weighted by Gasteiger charge is 2.21. The summed E-state index contributed by atoms with van der Waals surface area (Å²) < 4.78 is 26.5. The fourth-order valence-electron chi connectivity index (χ4n) is 1.83. The molecule has 0 aromatic heterocycles. The molecule has 24 heavy (non-hydrogen) atoms. The van der Waals surface area contributed by atoms with Gasteiger partial charge in [-0.25, -0.2) is 13.1 Å². The number of nitrogens with zero attached hydrogens (tertiary/aromatic N) is 2. The van der Waals surface area contributed by atoms with Gasteiger partial charge in [0, 0.05) is 13.1 Å². The van der Waals surface area contributed by atoms with E-state index in [1.807, 2.05) is 0 Å². The molecule has 0 bridgehead atoms. The number of hydrogen-bond acceptors (Lipinski definition) is 5. The third-order valence-electron chi connectivity index (χ3n) is 2.97. The van der Waals surface area contributed by atoms with Crippen molar-refractivity contribution in [3.8, 4) is 6.07 Å².